The summed E-state index contributed by atoms with van der Waals surface area (Å²) >= 11 is 0. The van der Waals surface area contributed by atoms with E-state index >= 15 is 0 Å². The molecule has 136 valence electrons. The minimum absolute atomic E-state index is 0. The van der Waals surface area contributed by atoms with Crippen molar-refractivity contribution in [1.29, 1.82) is 0 Å². The summed E-state index contributed by atoms with van der Waals surface area (Å²) in [6, 6.07) is 15.2. The van der Waals surface area contributed by atoms with Crippen molar-refractivity contribution in [2.24, 2.45) is 5.73 Å². The van der Waals surface area contributed by atoms with E-state index in [1.807, 2.05) is 48.5 Å². The predicted molar refractivity (Wildman–Crippen MR) is 103 cm³/mol. The number of methoxy groups -OCH3 is 1. The second-order valence-electron chi connectivity index (χ2n) is 5.45. The van der Waals surface area contributed by atoms with E-state index in [0.29, 0.717) is 26.0 Å². The van der Waals surface area contributed by atoms with Crippen molar-refractivity contribution >= 4 is 24.0 Å². The van der Waals surface area contributed by atoms with Crippen molar-refractivity contribution in [2.45, 2.75) is 19.3 Å². The Balaban J connectivity index is 0.00000312. The highest BCUT2D eigenvalue weighted by Crippen LogP contribution is 2.23. The van der Waals surface area contributed by atoms with Crippen molar-refractivity contribution in [2.75, 3.05) is 25.6 Å². The third kappa shape index (κ3) is 7.56. The minimum atomic E-state index is -0.0271. The van der Waals surface area contributed by atoms with Crippen LogP contribution in [0.1, 0.15) is 18.4 Å². The van der Waals surface area contributed by atoms with Gasteiger partial charge in [0.25, 0.3) is 0 Å². The third-order valence-corrected chi connectivity index (χ3v) is 3.50. The second kappa shape index (κ2) is 11.5. The molecule has 2 aromatic carbocycles. The Morgan fingerprint density at radius 3 is 2.20 bits per heavy atom. The van der Waals surface area contributed by atoms with Crippen LogP contribution in [0, 0.1) is 0 Å². The Labute approximate surface area is 154 Å². The number of ether oxygens (including phenoxy) is 2. The zero-order valence-electron chi connectivity index (χ0n) is 14.4. The number of amides is 1. The summed E-state index contributed by atoms with van der Waals surface area (Å²) in [7, 11) is 1.70. The average molecular weight is 365 g/mol. The fourth-order valence-corrected chi connectivity index (χ4v) is 2.17. The van der Waals surface area contributed by atoms with Gasteiger partial charge in [-0.25, -0.2) is 0 Å². The van der Waals surface area contributed by atoms with Crippen LogP contribution in [0.3, 0.4) is 0 Å². The number of anilines is 1. The standard InChI is InChI=1S/C19H24N2O3.ClH/c1-23-14-12-15-4-8-17(9-5-15)24-18-10-6-16(7-11-18)21-19(22)3-2-13-20;/h4-11H,2-3,12-14,20H2,1H3,(H,21,22);1H. The molecule has 0 radical (unpaired) electrons. The molecule has 0 aliphatic rings. The van der Waals surface area contributed by atoms with Crippen molar-refractivity contribution in [3.63, 3.8) is 0 Å². The Kier molecular flexibility index (Phi) is 9.62. The molecular formula is C19H25ClN2O3. The van der Waals surface area contributed by atoms with Gasteiger partial charge in [0.15, 0.2) is 0 Å². The Morgan fingerprint density at radius 2 is 1.64 bits per heavy atom. The molecule has 2 rings (SSSR count). The van der Waals surface area contributed by atoms with Gasteiger partial charge in [-0.3, -0.25) is 4.79 Å². The molecule has 0 fully saturated rings. The van der Waals surface area contributed by atoms with Crippen molar-refractivity contribution in [3.05, 3.63) is 54.1 Å². The number of rotatable bonds is 9. The molecule has 0 bridgehead atoms. The number of nitrogens with one attached hydrogen (secondary N) is 1. The summed E-state index contributed by atoms with van der Waals surface area (Å²) in [6.45, 7) is 1.23. The van der Waals surface area contributed by atoms with E-state index in [9.17, 15) is 4.79 Å². The third-order valence-electron chi connectivity index (χ3n) is 3.50. The molecule has 0 aliphatic heterocycles. The van der Waals surface area contributed by atoms with Gasteiger partial charge in [-0.05, 0) is 61.3 Å². The predicted octanol–water partition coefficient (Wildman–Crippen LogP) is 3.77. The number of carbonyl (C=O) groups is 1. The lowest BCUT2D eigenvalue weighted by Gasteiger charge is -2.09. The largest absolute Gasteiger partial charge is 0.457 e. The molecule has 0 spiro atoms. The summed E-state index contributed by atoms with van der Waals surface area (Å²) in [4.78, 5) is 11.6. The number of hydrogen-bond acceptors (Lipinski definition) is 4. The Hall–Kier alpha value is -2.08. The smallest absolute Gasteiger partial charge is 0.224 e. The summed E-state index contributed by atoms with van der Waals surface area (Å²) < 4.78 is 10.9. The number of nitrogens with two attached hydrogens (primary N) is 1. The fraction of sp³-hybridized carbons (Fsp3) is 0.316. The van der Waals surface area contributed by atoms with Crippen LogP contribution in [0.4, 0.5) is 5.69 Å². The van der Waals surface area contributed by atoms with Crippen LogP contribution in [0.2, 0.25) is 0 Å². The van der Waals surface area contributed by atoms with Crippen LogP contribution in [0.25, 0.3) is 0 Å². The minimum Gasteiger partial charge on any atom is -0.457 e. The average Bonchev–Trinajstić information content (AvgIpc) is 2.61. The van der Waals surface area contributed by atoms with Crippen molar-refractivity contribution in [3.8, 4) is 11.5 Å². The first-order valence-corrected chi connectivity index (χ1v) is 8.07. The van der Waals surface area contributed by atoms with E-state index in [1.54, 1.807) is 7.11 Å². The van der Waals surface area contributed by atoms with Crippen LogP contribution >= 0.6 is 12.4 Å². The zero-order valence-corrected chi connectivity index (χ0v) is 15.2. The van der Waals surface area contributed by atoms with Gasteiger partial charge in [0.2, 0.25) is 5.91 Å². The maximum atomic E-state index is 11.6. The molecule has 1 amide bonds. The van der Waals surface area contributed by atoms with Gasteiger partial charge in [0.05, 0.1) is 6.61 Å². The first kappa shape index (κ1) is 21.0. The Bertz CT molecular complexity index is 630. The molecule has 0 atom stereocenters. The molecule has 6 heteroatoms. The van der Waals surface area contributed by atoms with E-state index in [2.05, 4.69) is 5.32 Å². The van der Waals surface area contributed by atoms with Gasteiger partial charge in [-0.2, -0.15) is 0 Å². The molecule has 0 heterocycles. The highest BCUT2D eigenvalue weighted by molar-refractivity contribution is 5.90. The summed E-state index contributed by atoms with van der Waals surface area (Å²) in [5.74, 6) is 1.47. The van der Waals surface area contributed by atoms with Crippen LogP contribution in [0.15, 0.2) is 48.5 Å². The van der Waals surface area contributed by atoms with Crippen molar-refractivity contribution in [1.82, 2.24) is 0 Å². The van der Waals surface area contributed by atoms with Gasteiger partial charge in [0, 0.05) is 19.2 Å². The van der Waals surface area contributed by atoms with Crippen LogP contribution in [0.5, 0.6) is 11.5 Å². The first-order valence-electron chi connectivity index (χ1n) is 8.07. The molecule has 0 saturated carbocycles. The summed E-state index contributed by atoms with van der Waals surface area (Å²) in [5.41, 5.74) is 7.35. The monoisotopic (exact) mass is 364 g/mol. The van der Waals surface area contributed by atoms with Gasteiger partial charge in [-0.1, -0.05) is 12.1 Å². The normalized spacial score (nSPS) is 10.0. The molecule has 0 saturated heterocycles. The Morgan fingerprint density at radius 1 is 1.04 bits per heavy atom. The molecule has 5 nitrogen and oxygen atoms in total. The van der Waals surface area contributed by atoms with Crippen LogP contribution in [-0.2, 0) is 16.0 Å². The molecule has 25 heavy (non-hydrogen) atoms. The van der Waals surface area contributed by atoms with E-state index in [4.69, 9.17) is 15.2 Å². The fourth-order valence-electron chi connectivity index (χ4n) is 2.17. The zero-order chi connectivity index (χ0) is 17.2. The molecular weight excluding hydrogens is 340 g/mol. The number of benzene rings is 2. The lowest BCUT2D eigenvalue weighted by Crippen LogP contribution is -2.13. The van der Waals surface area contributed by atoms with Gasteiger partial charge < -0.3 is 20.5 Å². The van der Waals surface area contributed by atoms with Gasteiger partial charge in [0.1, 0.15) is 11.5 Å². The molecule has 3 N–H and O–H groups in total. The maximum absolute atomic E-state index is 11.6. The number of carbonyl (C=O) groups excluding carboxylic acids is 1. The number of hydrogen-bond donors (Lipinski definition) is 2. The van der Waals surface area contributed by atoms with Crippen LogP contribution < -0.4 is 15.8 Å². The van der Waals surface area contributed by atoms with E-state index < -0.39 is 0 Å². The highest BCUT2D eigenvalue weighted by Gasteiger charge is 2.03. The molecule has 0 unspecified atom stereocenters. The summed E-state index contributed by atoms with van der Waals surface area (Å²) in [5, 5.41) is 2.83. The molecule has 0 aliphatic carbocycles. The topological polar surface area (TPSA) is 73.6 Å². The molecule has 0 aromatic heterocycles. The quantitative estimate of drug-likeness (QED) is 0.710. The number of halogens is 1. The van der Waals surface area contributed by atoms with E-state index in [1.165, 1.54) is 5.56 Å². The highest BCUT2D eigenvalue weighted by atomic mass is 35.5. The van der Waals surface area contributed by atoms with E-state index in [-0.39, 0.29) is 18.3 Å². The van der Waals surface area contributed by atoms with Crippen molar-refractivity contribution < 1.29 is 14.3 Å². The van der Waals surface area contributed by atoms with E-state index in [0.717, 1.165) is 23.6 Å². The molecule has 2 aromatic rings. The lowest BCUT2D eigenvalue weighted by atomic mass is 10.1. The SMILES string of the molecule is COCCc1ccc(Oc2ccc(NC(=O)CCCN)cc2)cc1.Cl. The summed E-state index contributed by atoms with van der Waals surface area (Å²) in [6.07, 6.45) is 2.01. The lowest BCUT2D eigenvalue weighted by molar-refractivity contribution is -0.116. The van der Waals surface area contributed by atoms with Gasteiger partial charge >= 0.3 is 0 Å². The first-order chi connectivity index (χ1) is 11.7. The van der Waals surface area contributed by atoms with Crippen LogP contribution in [-0.4, -0.2) is 26.2 Å². The second-order valence-corrected chi connectivity index (χ2v) is 5.45. The van der Waals surface area contributed by atoms with Gasteiger partial charge in [-0.15, -0.1) is 12.4 Å². The maximum Gasteiger partial charge on any atom is 0.224 e.